The van der Waals surface area contributed by atoms with Crippen LogP contribution in [-0.2, 0) is 9.59 Å². The average molecular weight is 255 g/mol. The molecule has 0 saturated carbocycles. The smallest absolute Gasteiger partial charge is 0.236 e. The van der Waals surface area contributed by atoms with E-state index in [0.717, 1.165) is 25.9 Å². The first-order chi connectivity index (χ1) is 8.65. The molecule has 1 aliphatic rings. The first kappa shape index (κ1) is 15.0. The molecule has 0 aromatic rings. The van der Waals surface area contributed by atoms with E-state index >= 15 is 0 Å². The Bertz CT molecular complexity index is 273. The Kier molecular flexibility index (Phi) is 6.72. The number of nitrogens with zero attached hydrogens (tertiary/aromatic N) is 2. The number of amides is 2. The molecule has 1 rings (SSSR count). The Morgan fingerprint density at radius 3 is 2.28 bits per heavy atom. The van der Waals surface area contributed by atoms with Crippen LogP contribution in [0.3, 0.4) is 0 Å². The summed E-state index contributed by atoms with van der Waals surface area (Å²) in [5.41, 5.74) is 0. The summed E-state index contributed by atoms with van der Waals surface area (Å²) in [6, 6.07) is 0. The third kappa shape index (κ3) is 5.04. The molecule has 0 spiro atoms. The fourth-order valence-corrected chi connectivity index (χ4v) is 2.02. The number of likely N-dealkylation sites (N-methyl/N-ethyl adjacent to an activating group) is 1. The standard InChI is InChI=1S/C13H25N3O2/c1-3-15(2)12(17)10-14-11-13(18)16-8-6-4-5-7-9-16/h14H,3-11H2,1-2H3. The number of hydrogen-bond acceptors (Lipinski definition) is 3. The number of rotatable bonds is 5. The maximum absolute atomic E-state index is 11.9. The molecule has 0 aliphatic carbocycles. The Labute approximate surface area is 110 Å². The van der Waals surface area contributed by atoms with Gasteiger partial charge in [0.15, 0.2) is 0 Å². The van der Waals surface area contributed by atoms with E-state index in [2.05, 4.69) is 5.32 Å². The zero-order valence-corrected chi connectivity index (χ0v) is 11.6. The molecule has 5 nitrogen and oxygen atoms in total. The Hall–Kier alpha value is -1.10. The van der Waals surface area contributed by atoms with E-state index in [-0.39, 0.29) is 24.9 Å². The zero-order chi connectivity index (χ0) is 13.4. The molecule has 1 aliphatic heterocycles. The van der Waals surface area contributed by atoms with Gasteiger partial charge in [-0.15, -0.1) is 0 Å². The van der Waals surface area contributed by atoms with Gasteiger partial charge in [0, 0.05) is 26.7 Å². The van der Waals surface area contributed by atoms with Crippen LogP contribution in [0.2, 0.25) is 0 Å². The fourth-order valence-electron chi connectivity index (χ4n) is 2.02. The van der Waals surface area contributed by atoms with Crippen molar-refractivity contribution in [2.24, 2.45) is 0 Å². The first-order valence-electron chi connectivity index (χ1n) is 6.87. The minimum absolute atomic E-state index is 0.0289. The number of carbonyl (C=O) groups excluding carboxylic acids is 2. The van der Waals surface area contributed by atoms with Gasteiger partial charge in [0.2, 0.25) is 11.8 Å². The number of nitrogens with one attached hydrogen (secondary N) is 1. The molecule has 104 valence electrons. The van der Waals surface area contributed by atoms with Crippen molar-refractivity contribution in [3.05, 3.63) is 0 Å². The van der Waals surface area contributed by atoms with E-state index in [9.17, 15) is 9.59 Å². The minimum atomic E-state index is 0.0289. The van der Waals surface area contributed by atoms with Crippen molar-refractivity contribution in [2.45, 2.75) is 32.6 Å². The van der Waals surface area contributed by atoms with Crippen molar-refractivity contribution in [3.8, 4) is 0 Å². The van der Waals surface area contributed by atoms with Crippen LogP contribution in [0, 0.1) is 0 Å². The van der Waals surface area contributed by atoms with Crippen LogP contribution in [0.4, 0.5) is 0 Å². The zero-order valence-electron chi connectivity index (χ0n) is 11.6. The van der Waals surface area contributed by atoms with Crippen LogP contribution in [0.1, 0.15) is 32.6 Å². The second-order valence-corrected chi connectivity index (χ2v) is 4.81. The van der Waals surface area contributed by atoms with Gasteiger partial charge in [0.1, 0.15) is 0 Å². The molecule has 0 aromatic heterocycles. The van der Waals surface area contributed by atoms with Gasteiger partial charge in [-0.1, -0.05) is 12.8 Å². The lowest BCUT2D eigenvalue weighted by Crippen LogP contribution is -2.42. The van der Waals surface area contributed by atoms with Crippen LogP contribution < -0.4 is 5.32 Å². The molecule has 0 unspecified atom stereocenters. The lowest BCUT2D eigenvalue weighted by molar-refractivity contribution is -0.131. The van der Waals surface area contributed by atoms with Gasteiger partial charge in [0.05, 0.1) is 13.1 Å². The molecular formula is C13H25N3O2. The van der Waals surface area contributed by atoms with Gasteiger partial charge in [0.25, 0.3) is 0 Å². The summed E-state index contributed by atoms with van der Waals surface area (Å²) in [5.74, 6) is 0.144. The van der Waals surface area contributed by atoms with Crippen LogP contribution in [-0.4, -0.2) is 61.4 Å². The highest BCUT2D eigenvalue weighted by Gasteiger charge is 2.15. The highest BCUT2D eigenvalue weighted by atomic mass is 16.2. The number of likely N-dealkylation sites (tertiary alicyclic amines) is 1. The SMILES string of the molecule is CCN(C)C(=O)CNCC(=O)N1CCCCCC1. The molecule has 0 radical (unpaired) electrons. The predicted molar refractivity (Wildman–Crippen MR) is 71.2 cm³/mol. The van der Waals surface area contributed by atoms with E-state index in [1.807, 2.05) is 11.8 Å². The van der Waals surface area contributed by atoms with Crippen molar-refractivity contribution in [1.82, 2.24) is 15.1 Å². The van der Waals surface area contributed by atoms with Crippen molar-refractivity contribution in [2.75, 3.05) is 39.8 Å². The largest absolute Gasteiger partial charge is 0.345 e. The third-order valence-corrected chi connectivity index (χ3v) is 3.41. The van der Waals surface area contributed by atoms with E-state index < -0.39 is 0 Å². The van der Waals surface area contributed by atoms with Gasteiger partial charge in [-0.25, -0.2) is 0 Å². The monoisotopic (exact) mass is 255 g/mol. The molecule has 1 saturated heterocycles. The van der Waals surface area contributed by atoms with Gasteiger partial charge in [-0.3, -0.25) is 14.9 Å². The summed E-state index contributed by atoms with van der Waals surface area (Å²) in [5, 5.41) is 2.94. The minimum Gasteiger partial charge on any atom is -0.345 e. The Morgan fingerprint density at radius 2 is 1.72 bits per heavy atom. The van der Waals surface area contributed by atoms with Crippen LogP contribution in [0.15, 0.2) is 0 Å². The summed E-state index contributed by atoms with van der Waals surface area (Å²) in [7, 11) is 1.76. The summed E-state index contributed by atoms with van der Waals surface area (Å²) < 4.78 is 0. The third-order valence-electron chi connectivity index (χ3n) is 3.41. The quantitative estimate of drug-likeness (QED) is 0.776. The fraction of sp³-hybridized carbons (Fsp3) is 0.846. The number of carbonyl (C=O) groups is 2. The summed E-state index contributed by atoms with van der Waals surface area (Å²) in [6.45, 7) is 4.86. The molecule has 0 aromatic carbocycles. The molecule has 2 amide bonds. The topological polar surface area (TPSA) is 52.7 Å². The molecule has 1 N–H and O–H groups in total. The Balaban J connectivity index is 2.21. The van der Waals surface area contributed by atoms with Crippen molar-refractivity contribution < 1.29 is 9.59 Å². The maximum Gasteiger partial charge on any atom is 0.236 e. The van der Waals surface area contributed by atoms with Crippen LogP contribution >= 0.6 is 0 Å². The molecule has 18 heavy (non-hydrogen) atoms. The lowest BCUT2D eigenvalue weighted by atomic mass is 10.2. The molecule has 5 heteroatoms. The Morgan fingerprint density at radius 1 is 1.11 bits per heavy atom. The van der Waals surface area contributed by atoms with Gasteiger partial charge in [-0.2, -0.15) is 0 Å². The molecular weight excluding hydrogens is 230 g/mol. The molecule has 0 atom stereocenters. The summed E-state index contributed by atoms with van der Waals surface area (Å²) >= 11 is 0. The summed E-state index contributed by atoms with van der Waals surface area (Å²) in [6.07, 6.45) is 4.64. The van der Waals surface area contributed by atoms with Gasteiger partial charge in [-0.05, 0) is 19.8 Å². The highest BCUT2D eigenvalue weighted by molar-refractivity contribution is 5.81. The molecule has 1 fully saturated rings. The van der Waals surface area contributed by atoms with E-state index in [1.165, 1.54) is 12.8 Å². The van der Waals surface area contributed by atoms with Crippen LogP contribution in [0.5, 0.6) is 0 Å². The van der Waals surface area contributed by atoms with Crippen molar-refractivity contribution in [3.63, 3.8) is 0 Å². The van der Waals surface area contributed by atoms with Crippen molar-refractivity contribution >= 4 is 11.8 Å². The van der Waals surface area contributed by atoms with E-state index in [0.29, 0.717) is 6.54 Å². The van der Waals surface area contributed by atoms with E-state index in [4.69, 9.17) is 0 Å². The van der Waals surface area contributed by atoms with Crippen LogP contribution in [0.25, 0.3) is 0 Å². The lowest BCUT2D eigenvalue weighted by Gasteiger charge is -2.21. The predicted octanol–water partition coefficient (Wildman–Crippen LogP) is 0.457. The highest BCUT2D eigenvalue weighted by Crippen LogP contribution is 2.09. The van der Waals surface area contributed by atoms with Gasteiger partial charge < -0.3 is 9.80 Å². The molecule has 0 bridgehead atoms. The average Bonchev–Trinajstić information content (AvgIpc) is 2.66. The maximum atomic E-state index is 11.9. The number of hydrogen-bond donors (Lipinski definition) is 1. The van der Waals surface area contributed by atoms with Crippen molar-refractivity contribution in [1.29, 1.82) is 0 Å². The second-order valence-electron chi connectivity index (χ2n) is 4.81. The first-order valence-corrected chi connectivity index (χ1v) is 6.87. The van der Waals surface area contributed by atoms with E-state index in [1.54, 1.807) is 11.9 Å². The normalized spacial score (nSPS) is 16.2. The van der Waals surface area contributed by atoms with Gasteiger partial charge >= 0.3 is 0 Å². The molecule has 1 heterocycles. The summed E-state index contributed by atoms with van der Waals surface area (Å²) in [4.78, 5) is 27.0. The second kappa shape index (κ2) is 8.08.